The van der Waals surface area contributed by atoms with Gasteiger partial charge >= 0.3 is 0 Å². The number of anilines is 1. The first-order chi connectivity index (χ1) is 15.1. The van der Waals surface area contributed by atoms with E-state index in [1.54, 1.807) is 11.0 Å². The highest BCUT2D eigenvalue weighted by atomic mass is 16.2. The Balaban J connectivity index is 1.41. The van der Waals surface area contributed by atoms with Crippen molar-refractivity contribution in [2.75, 3.05) is 18.9 Å². The van der Waals surface area contributed by atoms with Crippen LogP contribution in [-0.2, 0) is 4.79 Å². The van der Waals surface area contributed by atoms with Crippen molar-refractivity contribution in [3.8, 4) is 16.8 Å². The summed E-state index contributed by atoms with van der Waals surface area (Å²) in [5, 5.41) is 7.22. The molecule has 0 unspecified atom stereocenters. The number of hydrogen-bond acceptors (Lipinski definition) is 4. The van der Waals surface area contributed by atoms with Crippen LogP contribution in [0.4, 0.5) is 5.69 Å². The van der Waals surface area contributed by atoms with Gasteiger partial charge < -0.3 is 5.32 Å². The molecule has 0 aliphatic heterocycles. The maximum atomic E-state index is 12.8. The lowest BCUT2D eigenvalue weighted by atomic mass is 10.0. The molecule has 6 heteroatoms. The topological polar surface area (TPSA) is 63.1 Å². The molecule has 3 aromatic carbocycles. The molecule has 1 atom stereocenters. The summed E-state index contributed by atoms with van der Waals surface area (Å²) >= 11 is 0. The van der Waals surface area contributed by atoms with Crippen molar-refractivity contribution in [3.05, 3.63) is 97.1 Å². The van der Waals surface area contributed by atoms with Crippen molar-refractivity contribution < 1.29 is 4.79 Å². The third-order valence-corrected chi connectivity index (χ3v) is 5.40. The highest BCUT2D eigenvalue weighted by Crippen LogP contribution is 2.27. The monoisotopic (exact) mass is 411 g/mol. The van der Waals surface area contributed by atoms with Crippen molar-refractivity contribution in [2.24, 2.45) is 0 Å². The molecule has 0 bridgehead atoms. The smallest absolute Gasteiger partial charge is 0.238 e. The third kappa shape index (κ3) is 4.87. The number of carbonyl (C=O) groups is 1. The fraction of sp³-hybridized carbons (Fsp3) is 0.160. The molecule has 1 aromatic heterocycles. The van der Waals surface area contributed by atoms with Gasteiger partial charge in [-0.1, -0.05) is 60.7 Å². The lowest BCUT2D eigenvalue weighted by molar-refractivity contribution is -0.117. The summed E-state index contributed by atoms with van der Waals surface area (Å²) in [5.74, 6) is -0.0445. The molecule has 1 amide bonds. The van der Waals surface area contributed by atoms with E-state index >= 15 is 0 Å². The number of para-hydroxylation sites is 1. The van der Waals surface area contributed by atoms with E-state index in [2.05, 4.69) is 34.5 Å². The van der Waals surface area contributed by atoms with Crippen LogP contribution < -0.4 is 5.32 Å². The highest BCUT2D eigenvalue weighted by molar-refractivity contribution is 5.96. The molecule has 31 heavy (non-hydrogen) atoms. The van der Waals surface area contributed by atoms with Crippen LogP contribution in [0.5, 0.6) is 0 Å². The Bertz CT molecular complexity index is 1120. The molecule has 4 rings (SSSR count). The Hall–Kier alpha value is -3.77. The number of likely N-dealkylation sites (N-methyl/N-ethyl adjacent to an activating group) is 1. The molecule has 0 saturated heterocycles. The molecule has 1 heterocycles. The Morgan fingerprint density at radius 1 is 1.00 bits per heavy atom. The first kappa shape index (κ1) is 20.5. The number of amides is 1. The number of hydrogen-bond donors (Lipinski definition) is 1. The number of carbonyl (C=O) groups excluding carboxylic acids is 1. The lowest BCUT2D eigenvalue weighted by Gasteiger charge is -2.25. The van der Waals surface area contributed by atoms with E-state index in [0.717, 1.165) is 28.1 Å². The van der Waals surface area contributed by atoms with E-state index in [9.17, 15) is 4.79 Å². The number of rotatable bonds is 7. The van der Waals surface area contributed by atoms with Crippen molar-refractivity contribution >= 4 is 11.6 Å². The van der Waals surface area contributed by atoms with Gasteiger partial charge in [-0.2, -0.15) is 5.10 Å². The Labute approximate surface area is 182 Å². The molecule has 156 valence electrons. The standard InChI is InChI=1S/C25H25N5O/c1-19(20-12-14-22(15-13-20)30-18-26-17-27-30)29(2)16-25(31)28-24-11-7-6-10-23(24)21-8-4-3-5-9-21/h3-15,17-19H,16H2,1-2H3,(H,28,31)/t19-/m1/s1. The van der Waals surface area contributed by atoms with Gasteiger partial charge in [-0.3, -0.25) is 9.69 Å². The predicted molar refractivity (Wildman–Crippen MR) is 123 cm³/mol. The number of nitrogens with zero attached hydrogens (tertiary/aromatic N) is 4. The van der Waals surface area contributed by atoms with Crippen LogP contribution in [0.15, 0.2) is 91.5 Å². The van der Waals surface area contributed by atoms with E-state index in [0.29, 0.717) is 0 Å². The minimum Gasteiger partial charge on any atom is -0.324 e. The maximum Gasteiger partial charge on any atom is 0.238 e. The average molecular weight is 412 g/mol. The van der Waals surface area contributed by atoms with Gasteiger partial charge in [-0.15, -0.1) is 0 Å². The van der Waals surface area contributed by atoms with Crippen molar-refractivity contribution in [1.29, 1.82) is 0 Å². The minimum absolute atomic E-state index is 0.0445. The zero-order valence-corrected chi connectivity index (χ0v) is 17.6. The van der Waals surface area contributed by atoms with E-state index < -0.39 is 0 Å². The second kappa shape index (κ2) is 9.36. The van der Waals surface area contributed by atoms with E-state index in [4.69, 9.17) is 0 Å². The van der Waals surface area contributed by atoms with Gasteiger partial charge in [0.25, 0.3) is 0 Å². The van der Waals surface area contributed by atoms with Gasteiger partial charge in [-0.05, 0) is 43.3 Å². The Morgan fingerprint density at radius 3 is 2.42 bits per heavy atom. The molecule has 0 fully saturated rings. The number of nitrogens with one attached hydrogen (secondary N) is 1. The molecule has 6 nitrogen and oxygen atoms in total. The molecular formula is C25H25N5O. The maximum absolute atomic E-state index is 12.8. The molecule has 4 aromatic rings. The third-order valence-electron chi connectivity index (χ3n) is 5.40. The zero-order valence-electron chi connectivity index (χ0n) is 17.6. The van der Waals surface area contributed by atoms with Gasteiger partial charge in [-0.25, -0.2) is 9.67 Å². The SMILES string of the molecule is C[C@H](c1ccc(-n2cncn2)cc1)N(C)CC(=O)Nc1ccccc1-c1ccccc1. The summed E-state index contributed by atoms with van der Waals surface area (Å²) < 4.78 is 1.72. The van der Waals surface area contributed by atoms with Crippen LogP contribution in [0.25, 0.3) is 16.8 Å². The largest absolute Gasteiger partial charge is 0.324 e. The van der Waals surface area contributed by atoms with Crippen molar-refractivity contribution in [1.82, 2.24) is 19.7 Å². The van der Waals surface area contributed by atoms with Crippen LogP contribution in [0.3, 0.4) is 0 Å². The summed E-state index contributed by atoms with van der Waals surface area (Å²) in [6, 6.07) is 26.1. The fourth-order valence-corrected chi connectivity index (χ4v) is 3.52. The van der Waals surface area contributed by atoms with E-state index in [1.807, 2.05) is 78.7 Å². The summed E-state index contributed by atoms with van der Waals surface area (Å²) in [7, 11) is 1.96. The van der Waals surface area contributed by atoms with Crippen LogP contribution in [-0.4, -0.2) is 39.2 Å². The fourth-order valence-electron chi connectivity index (χ4n) is 3.52. The van der Waals surface area contributed by atoms with Crippen LogP contribution in [0.2, 0.25) is 0 Å². The first-order valence-corrected chi connectivity index (χ1v) is 10.2. The van der Waals surface area contributed by atoms with Crippen LogP contribution >= 0.6 is 0 Å². The molecule has 0 saturated carbocycles. The summed E-state index contributed by atoms with van der Waals surface area (Å²) in [6.45, 7) is 2.38. The van der Waals surface area contributed by atoms with E-state index in [-0.39, 0.29) is 18.5 Å². The number of benzene rings is 3. The normalized spacial score (nSPS) is 12.0. The Morgan fingerprint density at radius 2 is 1.71 bits per heavy atom. The van der Waals surface area contributed by atoms with E-state index in [1.165, 1.54) is 6.33 Å². The van der Waals surface area contributed by atoms with Gasteiger partial charge in [0, 0.05) is 17.3 Å². The first-order valence-electron chi connectivity index (χ1n) is 10.2. The summed E-state index contributed by atoms with van der Waals surface area (Å²) in [4.78, 5) is 18.8. The second-order valence-corrected chi connectivity index (χ2v) is 7.48. The van der Waals surface area contributed by atoms with Gasteiger partial charge in [0.2, 0.25) is 5.91 Å². The lowest BCUT2D eigenvalue weighted by Crippen LogP contribution is -2.32. The quantitative estimate of drug-likeness (QED) is 0.484. The summed E-state index contributed by atoms with van der Waals surface area (Å²) in [5.41, 5.74) is 4.98. The summed E-state index contributed by atoms with van der Waals surface area (Å²) in [6.07, 6.45) is 3.18. The number of aromatic nitrogens is 3. The van der Waals surface area contributed by atoms with Gasteiger partial charge in [0.15, 0.2) is 0 Å². The molecular weight excluding hydrogens is 386 g/mol. The average Bonchev–Trinajstić information content (AvgIpc) is 3.34. The predicted octanol–water partition coefficient (Wildman–Crippen LogP) is 4.57. The highest BCUT2D eigenvalue weighted by Gasteiger charge is 2.16. The second-order valence-electron chi connectivity index (χ2n) is 7.48. The molecule has 0 aliphatic rings. The molecule has 1 N–H and O–H groups in total. The van der Waals surface area contributed by atoms with Crippen LogP contribution in [0.1, 0.15) is 18.5 Å². The van der Waals surface area contributed by atoms with Crippen LogP contribution in [0, 0.1) is 0 Å². The van der Waals surface area contributed by atoms with Gasteiger partial charge in [0.1, 0.15) is 12.7 Å². The minimum atomic E-state index is -0.0445. The molecule has 0 radical (unpaired) electrons. The van der Waals surface area contributed by atoms with Crippen molar-refractivity contribution in [3.63, 3.8) is 0 Å². The zero-order chi connectivity index (χ0) is 21.6. The van der Waals surface area contributed by atoms with Gasteiger partial charge in [0.05, 0.1) is 12.2 Å². The Kier molecular flexibility index (Phi) is 6.19. The van der Waals surface area contributed by atoms with Crippen molar-refractivity contribution in [2.45, 2.75) is 13.0 Å². The molecule has 0 spiro atoms. The molecule has 0 aliphatic carbocycles.